The van der Waals surface area contributed by atoms with Crippen LogP contribution in [0, 0.1) is 0 Å². The number of nitrogens with zero attached hydrogens (tertiary/aromatic N) is 3. The molecule has 1 amide bonds. The number of pyridine rings is 3. The van der Waals surface area contributed by atoms with Crippen molar-refractivity contribution in [2.45, 2.75) is 6.54 Å². The first-order valence-electron chi connectivity index (χ1n) is 6.89. The highest BCUT2D eigenvalue weighted by atomic mass is 16.1. The Balaban J connectivity index is 1.81. The molecule has 0 spiro atoms. The fourth-order valence-corrected chi connectivity index (χ4v) is 2.06. The predicted molar refractivity (Wildman–Crippen MR) is 82.9 cm³/mol. The highest BCUT2D eigenvalue weighted by molar-refractivity contribution is 5.99. The minimum absolute atomic E-state index is 0.195. The van der Waals surface area contributed by atoms with Gasteiger partial charge in [0.1, 0.15) is 5.69 Å². The quantitative estimate of drug-likeness (QED) is 0.801. The molecule has 0 aromatic carbocycles. The molecule has 3 heterocycles. The molecule has 0 aliphatic carbocycles. The average Bonchev–Trinajstić information content (AvgIpc) is 2.61. The lowest BCUT2D eigenvalue weighted by atomic mass is 10.1. The third-order valence-electron chi connectivity index (χ3n) is 3.12. The molecule has 0 bridgehead atoms. The van der Waals surface area contributed by atoms with Crippen LogP contribution in [0.2, 0.25) is 0 Å². The minimum Gasteiger partial charge on any atom is -0.346 e. The van der Waals surface area contributed by atoms with Gasteiger partial charge in [-0.3, -0.25) is 19.7 Å². The zero-order valence-electron chi connectivity index (χ0n) is 11.8. The van der Waals surface area contributed by atoms with Crippen LogP contribution in [0.25, 0.3) is 11.4 Å². The molecule has 3 aromatic heterocycles. The predicted octanol–water partition coefficient (Wildman–Crippen LogP) is 2.47. The SMILES string of the molecule is O=C(NCc1ccccn1)c1cccnc1-c1ccccn1. The van der Waals surface area contributed by atoms with Gasteiger partial charge in [0.15, 0.2) is 0 Å². The van der Waals surface area contributed by atoms with E-state index in [0.29, 0.717) is 23.5 Å². The normalized spacial score (nSPS) is 10.2. The molecule has 1 N–H and O–H groups in total. The molecule has 108 valence electrons. The molecule has 5 nitrogen and oxygen atoms in total. The van der Waals surface area contributed by atoms with E-state index >= 15 is 0 Å². The van der Waals surface area contributed by atoms with Gasteiger partial charge in [-0.2, -0.15) is 0 Å². The molecular weight excluding hydrogens is 276 g/mol. The molecule has 0 atom stereocenters. The van der Waals surface area contributed by atoms with E-state index in [4.69, 9.17) is 0 Å². The number of carbonyl (C=O) groups excluding carboxylic acids is 1. The van der Waals surface area contributed by atoms with Gasteiger partial charge < -0.3 is 5.32 Å². The van der Waals surface area contributed by atoms with Crippen LogP contribution in [0.3, 0.4) is 0 Å². The van der Waals surface area contributed by atoms with Crippen molar-refractivity contribution in [2.24, 2.45) is 0 Å². The van der Waals surface area contributed by atoms with Crippen molar-refractivity contribution in [3.8, 4) is 11.4 Å². The first-order chi connectivity index (χ1) is 10.8. The monoisotopic (exact) mass is 290 g/mol. The molecule has 3 aromatic rings. The van der Waals surface area contributed by atoms with Gasteiger partial charge in [0, 0.05) is 18.6 Å². The van der Waals surface area contributed by atoms with Crippen LogP contribution in [0.15, 0.2) is 67.1 Å². The zero-order valence-corrected chi connectivity index (χ0v) is 11.8. The lowest BCUT2D eigenvalue weighted by Gasteiger charge is -2.08. The lowest BCUT2D eigenvalue weighted by Crippen LogP contribution is -2.24. The van der Waals surface area contributed by atoms with Crippen molar-refractivity contribution in [3.05, 3.63) is 78.4 Å². The molecule has 3 rings (SSSR count). The van der Waals surface area contributed by atoms with Gasteiger partial charge in [0.25, 0.3) is 5.91 Å². The number of aromatic nitrogens is 3. The molecule has 0 unspecified atom stereocenters. The van der Waals surface area contributed by atoms with Crippen molar-refractivity contribution >= 4 is 5.91 Å². The fraction of sp³-hybridized carbons (Fsp3) is 0.0588. The van der Waals surface area contributed by atoms with Gasteiger partial charge >= 0.3 is 0 Å². The fourth-order valence-electron chi connectivity index (χ4n) is 2.06. The number of amides is 1. The third-order valence-corrected chi connectivity index (χ3v) is 3.12. The van der Waals surface area contributed by atoms with Gasteiger partial charge in [-0.25, -0.2) is 0 Å². The summed E-state index contributed by atoms with van der Waals surface area (Å²) in [5.41, 5.74) is 2.55. The van der Waals surface area contributed by atoms with E-state index in [1.165, 1.54) is 0 Å². The third kappa shape index (κ3) is 3.15. The first-order valence-corrected chi connectivity index (χ1v) is 6.89. The topological polar surface area (TPSA) is 67.8 Å². The summed E-state index contributed by atoms with van der Waals surface area (Å²) < 4.78 is 0. The van der Waals surface area contributed by atoms with Gasteiger partial charge in [0.2, 0.25) is 0 Å². The van der Waals surface area contributed by atoms with E-state index in [0.717, 1.165) is 5.69 Å². The van der Waals surface area contributed by atoms with Gasteiger partial charge in [0.05, 0.1) is 23.5 Å². The lowest BCUT2D eigenvalue weighted by molar-refractivity contribution is 0.0950. The number of rotatable bonds is 4. The second kappa shape index (κ2) is 6.58. The summed E-state index contributed by atoms with van der Waals surface area (Å²) >= 11 is 0. The molecule has 22 heavy (non-hydrogen) atoms. The largest absolute Gasteiger partial charge is 0.346 e. The highest BCUT2D eigenvalue weighted by Gasteiger charge is 2.14. The van der Waals surface area contributed by atoms with Crippen LogP contribution in [-0.4, -0.2) is 20.9 Å². The summed E-state index contributed by atoms with van der Waals surface area (Å²) in [6.07, 6.45) is 5.03. The first kappa shape index (κ1) is 13.9. The van der Waals surface area contributed by atoms with E-state index < -0.39 is 0 Å². The second-order valence-electron chi connectivity index (χ2n) is 4.62. The van der Waals surface area contributed by atoms with Crippen LogP contribution in [0.4, 0.5) is 0 Å². The molecule has 0 radical (unpaired) electrons. The zero-order chi connectivity index (χ0) is 15.2. The average molecular weight is 290 g/mol. The van der Waals surface area contributed by atoms with Crippen LogP contribution in [-0.2, 0) is 6.54 Å². The van der Waals surface area contributed by atoms with Crippen LogP contribution in [0.5, 0.6) is 0 Å². The Hall–Kier alpha value is -3.08. The van der Waals surface area contributed by atoms with Crippen LogP contribution >= 0.6 is 0 Å². The van der Waals surface area contributed by atoms with E-state index in [1.54, 1.807) is 30.7 Å². The van der Waals surface area contributed by atoms with Crippen LogP contribution in [0.1, 0.15) is 16.1 Å². The molecule has 0 saturated carbocycles. The maximum absolute atomic E-state index is 12.4. The Bertz CT molecular complexity index is 760. The summed E-state index contributed by atoms with van der Waals surface area (Å²) in [6, 6.07) is 14.6. The summed E-state index contributed by atoms with van der Waals surface area (Å²) in [6.45, 7) is 0.371. The smallest absolute Gasteiger partial charge is 0.253 e. The Morgan fingerprint density at radius 3 is 2.36 bits per heavy atom. The summed E-state index contributed by atoms with van der Waals surface area (Å²) in [5.74, 6) is -0.195. The standard InChI is InChI=1S/C17H14N4O/c22-17(21-12-13-6-1-3-9-18-13)14-7-5-11-20-16(14)15-8-2-4-10-19-15/h1-11H,12H2,(H,21,22). The Labute approximate surface area is 128 Å². The van der Waals surface area contributed by atoms with Crippen LogP contribution < -0.4 is 5.32 Å². The van der Waals surface area contributed by atoms with E-state index in [9.17, 15) is 4.79 Å². The number of hydrogen-bond donors (Lipinski definition) is 1. The van der Waals surface area contributed by atoms with E-state index in [1.807, 2.05) is 36.4 Å². The summed E-state index contributed by atoms with van der Waals surface area (Å²) in [7, 11) is 0. The van der Waals surface area contributed by atoms with E-state index in [-0.39, 0.29) is 5.91 Å². The number of carbonyl (C=O) groups is 1. The van der Waals surface area contributed by atoms with Crippen molar-refractivity contribution in [3.63, 3.8) is 0 Å². The van der Waals surface area contributed by atoms with Gasteiger partial charge in [-0.05, 0) is 36.4 Å². The minimum atomic E-state index is -0.195. The Morgan fingerprint density at radius 2 is 1.64 bits per heavy atom. The Morgan fingerprint density at radius 1 is 0.864 bits per heavy atom. The number of hydrogen-bond acceptors (Lipinski definition) is 4. The van der Waals surface area contributed by atoms with E-state index in [2.05, 4.69) is 20.3 Å². The molecule has 0 saturated heterocycles. The molecule has 0 aliphatic heterocycles. The molecule has 5 heteroatoms. The van der Waals surface area contributed by atoms with Crippen molar-refractivity contribution in [1.82, 2.24) is 20.3 Å². The molecular formula is C17H14N4O. The summed E-state index contributed by atoms with van der Waals surface area (Å²) in [5, 5.41) is 2.86. The second-order valence-corrected chi connectivity index (χ2v) is 4.62. The van der Waals surface area contributed by atoms with Gasteiger partial charge in [-0.15, -0.1) is 0 Å². The van der Waals surface area contributed by atoms with Gasteiger partial charge in [-0.1, -0.05) is 12.1 Å². The van der Waals surface area contributed by atoms with Crippen molar-refractivity contribution < 1.29 is 4.79 Å². The Kier molecular flexibility index (Phi) is 4.15. The summed E-state index contributed by atoms with van der Waals surface area (Å²) in [4.78, 5) is 25.1. The van der Waals surface area contributed by atoms with Crippen molar-refractivity contribution in [1.29, 1.82) is 0 Å². The molecule has 0 aliphatic rings. The molecule has 0 fully saturated rings. The maximum Gasteiger partial charge on any atom is 0.253 e. The van der Waals surface area contributed by atoms with Crippen molar-refractivity contribution in [2.75, 3.05) is 0 Å². The maximum atomic E-state index is 12.4. The number of nitrogens with one attached hydrogen (secondary N) is 1. The highest BCUT2D eigenvalue weighted by Crippen LogP contribution is 2.18.